The van der Waals surface area contributed by atoms with Gasteiger partial charge >= 0.3 is 0 Å². The molecule has 2 aromatic rings. The Bertz CT molecular complexity index is 957. The lowest BCUT2D eigenvalue weighted by molar-refractivity contribution is -0.757. The molecule has 0 amide bonds. The lowest BCUT2D eigenvalue weighted by Crippen LogP contribution is -2.15. The van der Waals surface area contributed by atoms with Crippen LogP contribution >= 0.6 is 23.7 Å². The van der Waals surface area contributed by atoms with Crippen LogP contribution in [0.2, 0.25) is 0 Å². The van der Waals surface area contributed by atoms with E-state index in [-0.39, 0.29) is 13.2 Å². The van der Waals surface area contributed by atoms with Crippen molar-refractivity contribution < 1.29 is 15.1 Å². The minimum atomic E-state index is -0.839. The first-order chi connectivity index (χ1) is 14.6. The number of rotatable bonds is 10. The highest BCUT2D eigenvalue weighted by Gasteiger charge is 2.16. The van der Waals surface area contributed by atoms with E-state index in [9.17, 15) is 15.3 Å². The van der Waals surface area contributed by atoms with Crippen molar-refractivity contribution in [1.29, 1.82) is 0 Å². The van der Waals surface area contributed by atoms with Gasteiger partial charge < -0.3 is 10.0 Å². The fraction of sp³-hybridized carbons (Fsp3) is 0.250. The molecule has 10 heteroatoms. The summed E-state index contributed by atoms with van der Waals surface area (Å²) < 4.78 is 2.86. The molecule has 30 heavy (non-hydrogen) atoms. The monoisotopic (exact) mass is 446 g/mol. The third-order valence-corrected chi connectivity index (χ3v) is 5.75. The second kappa shape index (κ2) is 11.0. The maximum atomic E-state index is 10.2. The number of allylic oxidation sites excluding steroid dienone is 5. The SMILES string of the molecule is CSC1=CCC=C(c2cc(SN(O)CCCO[N+](=O)[O-])nn2-c2ccccc2)C=C1. The third-order valence-electron chi connectivity index (χ3n) is 4.19. The normalized spacial score (nSPS) is 13.7. The minimum absolute atomic E-state index is 0.0726. The van der Waals surface area contributed by atoms with Gasteiger partial charge in [-0.25, -0.2) is 4.68 Å². The molecule has 1 aromatic heterocycles. The van der Waals surface area contributed by atoms with Gasteiger partial charge in [-0.15, -0.1) is 26.3 Å². The van der Waals surface area contributed by atoms with Gasteiger partial charge in [0.1, 0.15) is 5.03 Å². The molecule has 3 rings (SSSR count). The van der Waals surface area contributed by atoms with Gasteiger partial charge in [-0.05, 0) is 48.9 Å². The molecule has 0 unspecified atom stereocenters. The van der Waals surface area contributed by atoms with Crippen molar-refractivity contribution in [3.05, 3.63) is 81.4 Å². The molecule has 1 aliphatic rings. The van der Waals surface area contributed by atoms with Crippen LogP contribution in [-0.2, 0) is 4.84 Å². The predicted octanol–water partition coefficient (Wildman–Crippen LogP) is 4.76. The summed E-state index contributed by atoms with van der Waals surface area (Å²) in [4.78, 5) is 15.7. The molecule has 1 aromatic carbocycles. The van der Waals surface area contributed by atoms with E-state index >= 15 is 0 Å². The van der Waals surface area contributed by atoms with Crippen LogP contribution in [0, 0.1) is 10.1 Å². The quantitative estimate of drug-likeness (QED) is 0.242. The maximum absolute atomic E-state index is 10.2. The van der Waals surface area contributed by atoms with Crippen LogP contribution in [-0.4, -0.2) is 44.0 Å². The van der Waals surface area contributed by atoms with Gasteiger partial charge in [0.05, 0.1) is 18.0 Å². The molecule has 8 nitrogen and oxygen atoms in total. The Morgan fingerprint density at radius 2 is 2.10 bits per heavy atom. The van der Waals surface area contributed by atoms with Crippen LogP contribution in [0.1, 0.15) is 18.5 Å². The highest BCUT2D eigenvalue weighted by atomic mass is 32.2. The summed E-state index contributed by atoms with van der Waals surface area (Å²) in [5.41, 5.74) is 2.88. The zero-order valence-corrected chi connectivity index (χ0v) is 18.0. The van der Waals surface area contributed by atoms with Gasteiger partial charge in [-0.1, -0.05) is 36.4 Å². The van der Waals surface area contributed by atoms with Crippen LogP contribution in [0.4, 0.5) is 0 Å². The summed E-state index contributed by atoms with van der Waals surface area (Å²) >= 11 is 2.77. The molecule has 0 bridgehead atoms. The Morgan fingerprint density at radius 3 is 2.83 bits per heavy atom. The van der Waals surface area contributed by atoms with Crippen LogP contribution in [0.5, 0.6) is 0 Å². The number of hydroxylamine groups is 1. The van der Waals surface area contributed by atoms with Gasteiger partial charge in [-0.2, -0.15) is 5.10 Å². The number of nitrogens with zero attached hydrogens (tertiary/aromatic N) is 4. The molecule has 158 valence electrons. The average Bonchev–Trinajstić information content (AvgIpc) is 3.00. The van der Waals surface area contributed by atoms with E-state index in [1.54, 1.807) is 11.8 Å². The average molecular weight is 447 g/mol. The molecular weight excluding hydrogens is 424 g/mol. The van der Waals surface area contributed by atoms with Crippen LogP contribution in [0.3, 0.4) is 0 Å². The number of benzene rings is 1. The van der Waals surface area contributed by atoms with E-state index in [0.29, 0.717) is 11.4 Å². The number of hydrogen-bond donors (Lipinski definition) is 1. The molecule has 1 N–H and O–H groups in total. The number of hydrogen-bond acceptors (Lipinski definition) is 8. The lowest BCUT2D eigenvalue weighted by Gasteiger charge is -2.10. The van der Waals surface area contributed by atoms with E-state index in [1.165, 1.54) is 4.91 Å². The summed E-state index contributed by atoms with van der Waals surface area (Å²) in [7, 11) is 0. The smallest absolute Gasteiger partial charge is 0.294 e. The molecule has 1 heterocycles. The number of para-hydroxylation sites is 1. The standard InChI is InChI=1S/C20H22N4O4S2/c1-29-18-10-5-7-16(11-12-18)19-15-20(21-23(19)17-8-3-2-4-9-17)30-22(25)13-6-14-28-24(26)27/h2-4,7-12,15,25H,5-6,13-14H2,1H3. The van der Waals surface area contributed by atoms with E-state index in [4.69, 9.17) is 0 Å². The maximum Gasteiger partial charge on any atom is 0.294 e. The predicted molar refractivity (Wildman–Crippen MR) is 119 cm³/mol. The molecule has 0 aliphatic heterocycles. The first-order valence-corrected chi connectivity index (χ1v) is 11.3. The van der Waals surface area contributed by atoms with Crippen molar-refractivity contribution in [2.75, 3.05) is 19.4 Å². The second-order valence-electron chi connectivity index (χ2n) is 6.23. The van der Waals surface area contributed by atoms with Crippen molar-refractivity contribution in [2.24, 2.45) is 0 Å². The van der Waals surface area contributed by atoms with Crippen LogP contribution < -0.4 is 0 Å². The number of aromatic nitrogens is 2. The Kier molecular flexibility index (Phi) is 8.14. The summed E-state index contributed by atoms with van der Waals surface area (Å²) in [6.45, 7) is 0.131. The van der Waals surface area contributed by atoms with Crippen molar-refractivity contribution in [3.8, 4) is 5.69 Å². The molecule has 0 saturated carbocycles. The van der Waals surface area contributed by atoms with Crippen LogP contribution in [0.25, 0.3) is 11.3 Å². The minimum Gasteiger partial charge on any atom is -0.314 e. The second-order valence-corrected chi connectivity index (χ2v) is 8.13. The van der Waals surface area contributed by atoms with Gasteiger partial charge in [0.2, 0.25) is 0 Å². The molecule has 1 aliphatic carbocycles. The van der Waals surface area contributed by atoms with Gasteiger partial charge in [0, 0.05) is 23.4 Å². The molecule has 0 saturated heterocycles. The molecular formula is C20H22N4O4S2. The van der Waals surface area contributed by atoms with Gasteiger partial charge in [0.25, 0.3) is 5.09 Å². The van der Waals surface area contributed by atoms with E-state index in [0.717, 1.165) is 39.8 Å². The highest BCUT2D eigenvalue weighted by Crippen LogP contribution is 2.30. The van der Waals surface area contributed by atoms with Crippen molar-refractivity contribution in [1.82, 2.24) is 14.2 Å². The fourth-order valence-electron chi connectivity index (χ4n) is 2.82. The van der Waals surface area contributed by atoms with E-state index in [2.05, 4.69) is 40.5 Å². The largest absolute Gasteiger partial charge is 0.314 e. The van der Waals surface area contributed by atoms with Crippen molar-refractivity contribution >= 4 is 29.3 Å². The molecule has 0 atom stereocenters. The molecule has 0 radical (unpaired) electrons. The van der Waals surface area contributed by atoms with Crippen molar-refractivity contribution in [3.63, 3.8) is 0 Å². The van der Waals surface area contributed by atoms with E-state index < -0.39 is 5.09 Å². The Balaban J connectivity index is 1.79. The Labute approximate surface area is 183 Å². The first-order valence-electron chi connectivity index (χ1n) is 9.27. The van der Waals surface area contributed by atoms with Gasteiger partial charge in [-0.3, -0.25) is 0 Å². The van der Waals surface area contributed by atoms with Gasteiger partial charge in [0.15, 0.2) is 0 Å². The molecule has 0 fully saturated rings. The summed E-state index contributed by atoms with van der Waals surface area (Å²) in [5.74, 6) is 0. The highest BCUT2D eigenvalue weighted by molar-refractivity contribution is 8.02. The van der Waals surface area contributed by atoms with Crippen molar-refractivity contribution in [2.45, 2.75) is 17.9 Å². The number of thioether (sulfide) groups is 1. The Morgan fingerprint density at radius 1 is 1.30 bits per heavy atom. The lowest BCUT2D eigenvalue weighted by atomic mass is 10.1. The first kappa shape index (κ1) is 22.2. The third kappa shape index (κ3) is 6.23. The summed E-state index contributed by atoms with van der Waals surface area (Å²) in [5, 5.41) is 24.8. The summed E-state index contributed by atoms with van der Waals surface area (Å²) in [6, 6.07) is 11.7. The van der Waals surface area contributed by atoms with Crippen LogP contribution in [0.15, 0.2) is 70.6 Å². The summed E-state index contributed by atoms with van der Waals surface area (Å²) in [6.07, 6.45) is 11.7. The topological polar surface area (TPSA) is 93.7 Å². The zero-order chi connectivity index (χ0) is 21.3. The fourth-order valence-corrected chi connectivity index (χ4v) is 4.01. The Hall–Kier alpha value is -2.53. The zero-order valence-electron chi connectivity index (χ0n) is 16.4. The van der Waals surface area contributed by atoms with E-state index in [1.807, 2.05) is 41.1 Å². The molecule has 0 spiro atoms.